The minimum atomic E-state index is -4.49. The Labute approximate surface area is 175 Å². The highest BCUT2D eigenvalue weighted by Crippen LogP contribution is 2.24. The predicted molar refractivity (Wildman–Crippen MR) is 111 cm³/mol. The van der Waals surface area contributed by atoms with Gasteiger partial charge in [0.05, 0.1) is 22.7 Å². The molecule has 2 aromatic carbocycles. The van der Waals surface area contributed by atoms with Gasteiger partial charge in [-0.05, 0) is 31.5 Å². The number of alkyl halides is 3. The van der Waals surface area contributed by atoms with Crippen molar-refractivity contribution < 1.29 is 18.0 Å². The van der Waals surface area contributed by atoms with Crippen molar-refractivity contribution in [2.45, 2.75) is 37.0 Å². The minimum absolute atomic E-state index is 0.232. The molecule has 1 heterocycles. The van der Waals surface area contributed by atoms with Gasteiger partial charge in [-0.25, -0.2) is 4.98 Å². The van der Waals surface area contributed by atoms with Gasteiger partial charge in [-0.1, -0.05) is 53.7 Å². The normalized spacial score (nSPS) is 12.7. The molecule has 0 aliphatic heterocycles. The van der Waals surface area contributed by atoms with Crippen LogP contribution in [0.3, 0.4) is 0 Å². The third-order valence-corrected chi connectivity index (χ3v) is 5.49. The third kappa shape index (κ3) is 5.41. The van der Waals surface area contributed by atoms with Crippen LogP contribution in [0.2, 0.25) is 0 Å². The molecule has 158 valence electrons. The Morgan fingerprint density at radius 1 is 1.17 bits per heavy atom. The molecule has 1 aromatic heterocycles. The molecule has 9 heteroatoms. The van der Waals surface area contributed by atoms with E-state index in [-0.39, 0.29) is 17.3 Å². The zero-order valence-corrected chi connectivity index (χ0v) is 17.2. The second-order valence-electron chi connectivity index (χ2n) is 6.88. The van der Waals surface area contributed by atoms with Crippen LogP contribution in [0.4, 0.5) is 13.2 Å². The van der Waals surface area contributed by atoms with Gasteiger partial charge in [0.1, 0.15) is 6.54 Å². The number of benzene rings is 2. The number of thioether (sulfide) groups is 1. The van der Waals surface area contributed by atoms with E-state index in [1.165, 1.54) is 11.5 Å². The number of aryl methyl sites for hydroxylation is 1. The molecule has 0 saturated carbocycles. The van der Waals surface area contributed by atoms with E-state index in [9.17, 15) is 22.8 Å². The maximum Gasteiger partial charge on any atom is 0.405 e. The van der Waals surface area contributed by atoms with Crippen LogP contribution < -0.4 is 10.9 Å². The number of hydrogen-bond donors (Lipinski definition) is 1. The smallest absolute Gasteiger partial charge is 0.346 e. The number of hydrogen-bond acceptors (Lipinski definition) is 4. The molecule has 0 bridgehead atoms. The number of para-hydroxylation sites is 1. The lowest BCUT2D eigenvalue weighted by Gasteiger charge is -2.17. The number of halogens is 3. The maximum absolute atomic E-state index is 13.1. The summed E-state index contributed by atoms with van der Waals surface area (Å²) in [4.78, 5) is 29.7. The van der Waals surface area contributed by atoms with Crippen molar-refractivity contribution in [1.82, 2.24) is 14.9 Å². The summed E-state index contributed by atoms with van der Waals surface area (Å²) in [5.41, 5.74) is 2.14. The maximum atomic E-state index is 13.1. The zero-order valence-electron chi connectivity index (χ0n) is 16.4. The Bertz CT molecular complexity index is 1110. The molecule has 0 radical (unpaired) electrons. The fourth-order valence-electron chi connectivity index (χ4n) is 2.80. The van der Waals surface area contributed by atoms with Crippen molar-refractivity contribution in [3.8, 4) is 0 Å². The molecule has 0 spiro atoms. The number of carbonyl (C=O) groups is 1. The van der Waals surface area contributed by atoms with Gasteiger partial charge in [-0.15, -0.1) is 0 Å². The minimum Gasteiger partial charge on any atom is -0.346 e. The number of rotatable bonds is 6. The van der Waals surface area contributed by atoms with Crippen molar-refractivity contribution in [3.63, 3.8) is 0 Å². The fourth-order valence-corrected chi connectivity index (χ4v) is 3.73. The van der Waals surface area contributed by atoms with Crippen molar-refractivity contribution >= 4 is 28.6 Å². The summed E-state index contributed by atoms with van der Waals surface area (Å²) in [7, 11) is 0. The van der Waals surface area contributed by atoms with Crippen LogP contribution in [0.5, 0.6) is 0 Å². The summed E-state index contributed by atoms with van der Waals surface area (Å²) in [6, 6.07) is 14.5. The van der Waals surface area contributed by atoms with Crippen LogP contribution in [-0.2, 0) is 11.3 Å². The first-order valence-electron chi connectivity index (χ1n) is 9.20. The number of nitrogens with one attached hydrogen (secondary N) is 1. The molecule has 30 heavy (non-hydrogen) atoms. The van der Waals surface area contributed by atoms with E-state index in [2.05, 4.69) is 4.98 Å². The Hall–Kier alpha value is -2.81. The highest BCUT2D eigenvalue weighted by Gasteiger charge is 2.29. The number of nitrogens with zero attached hydrogens (tertiary/aromatic N) is 2. The van der Waals surface area contributed by atoms with Crippen molar-refractivity contribution in [3.05, 3.63) is 70.0 Å². The molecular formula is C21H20F3N3O2S. The predicted octanol–water partition coefficient (Wildman–Crippen LogP) is 3.91. The van der Waals surface area contributed by atoms with Crippen LogP contribution >= 0.6 is 11.8 Å². The van der Waals surface area contributed by atoms with E-state index >= 15 is 0 Å². The summed E-state index contributed by atoms with van der Waals surface area (Å²) in [5, 5.41) is 1.70. The standard InChI is InChI=1S/C21H20F3N3O2S/c1-13-7-9-15(10-8-13)11-27-19(29)16-5-3-4-6-17(16)26-20(27)30-14(2)18(28)25-12-21(22,23)24/h3-10,14H,11-12H2,1-2H3,(H,25,28). The van der Waals surface area contributed by atoms with Gasteiger partial charge in [-0.3, -0.25) is 14.2 Å². The van der Waals surface area contributed by atoms with E-state index in [0.29, 0.717) is 10.9 Å². The summed E-state index contributed by atoms with van der Waals surface area (Å²) < 4.78 is 38.6. The average Bonchev–Trinajstić information content (AvgIpc) is 2.70. The molecule has 0 aliphatic rings. The topological polar surface area (TPSA) is 64.0 Å². The van der Waals surface area contributed by atoms with Crippen LogP contribution in [0, 0.1) is 6.92 Å². The van der Waals surface area contributed by atoms with Crippen LogP contribution in [-0.4, -0.2) is 33.4 Å². The molecule has 3 rings (SSSR count). The second kappa shape index (κ2) is 8.91. The first-order valence-corrected chi connectivity index (χ1v) is 10.1. The van der Waals surface area contributed by atoms with Crippen LogP contribution in [0.25, 0.3) is 10.9 Å². The monoisotopic (exact) mass is 435 g/mol. The first-order chi connectivity index (χ1) is 14.1. The Morgan fingerprint density at radius 3 is 2.50 bits per heavy atom. The van der Waals surface area contributed by atoms with Crippen molar-refractivity contribution in [1.29, 1.82) is 0 Å². The number of carbonyl (C=O) groups excluding carboxylic acids is 1. The van der Waals surface area contributed by atoms with Gasteiger partial charge < -0.3 is 5.32 Å². The lowest BCUT2D eigenvalue weighted by molar-refractivity contribution is -0.137. The zero-order chi connectivity index (χ0) is 21.9. The summed E-state index contributed by atoms with van der Waals surface area (Å²) in [5.74, 6) is -0.776. The first kappa shape index (κ1) is 21.9. The molecule has 1 unspecified atom stereocenters. The number of aromatic nitrogens is 2. The van der Waals surface area contributed by atoms with Crippen LogP contribution in [0.1, 0.15) is 18.1 Å². The fraction of sp³-hybridized carbons (Fsp3) is 0.286. The molecule has 0 fully saturated rings. The van der Waals surface area contributed by atoms with Gasteiger partial charge in [0, 0.05) is 0 Å². The molecule has 0 aliphatic carbocycles. The second-order valence-corrected chi connectivity index (χ2v) is 8.19. The molecule has 1 N–H and O–H groups in total. The Morgan fingerprint density at radius 2 is 1.83 bits per heavy atom. The Balaban J connectivity index is 1.94. The molecule has 1 amide bonds. The summed E-state index contributed by atoms with van der Waals surface area (Å²) in [6.07, 6.45) is -4.49. The molecular weight excluding hydrogens is 415 g/mol. The van der Waals surface area contributed by atoms with E-state index in [4.69, 9.17) is 0 Å². The largest absolute Gasteiger partial charge is 0.405 e. The third-order valence-electron chi connectivity index (χ3n) is 4.40. The van der Waals surface area contributed by atoms with Crippen molar-refractivity contribution in [2.75, 3.05) is 6.54 Å². The van der Waals surface area contributed by atoms with Gasteiger partial charge in [0.15, 0.2) is 5.16 Å². The van der Waals surface area contributed by atoms with E-state index in [1.807, 2.05) is 36.5 Å². The van der Waals surface area contributed by atoms with E-state index in [1.54, 1.807) is 24.3 Å². The summed E-state index contributed by atoms with van der Waals surface area (Å²) in [6.45, 7) is 2.26. The van der Waals surface area contributed by atoms with Gasteiger partial charge in [0.25, 0.3) is 5.56 Å². The lowest BCUT2D eigenvalue weighted by atomic mass is 10.1. The van der Waals surface area contributed by atoms with Gasteiger partial charge in [0.2, 0.25) is 5.91 Å². The van der Waals surface area contributed by atoms with Gasteiger partial charge >= 0.3 is 6.18 Å². The van der Waals surface area contributed by atoms with E-state index in [0.717, 1.165) is 22.9 Å². The van der Waals surface area contributed by atoms with Crippen molar-refractivity contribution in [2.24, 2.45) is 0 Å². The molecule has 3 aromatic rings. The molecule has 5 nitrogen and oxygen atoms in total. The number of fused-ring (bicyclic) bond motifs is 1. The molecule has 1 atom stereocenters. The van der Waals surface area contributed by atoms with E-state index < -0.39 is 23.9 Å². The highest BCUT2D eigenvalue weighted by atomic mass is 32.2. The summed E-state index contributed by atoms with van der Waals surface area (Å²) >= 11 is 0.953. The van der Waals surface area contributed by atoms with Gasteiger partial charge in [-0.2, -0.15) is 13.2 Å². The SMILES string of the molecule is Cc1ccc(Cn2c(SC(C)C(=O)NCC(F)(F)F)nc3ccccc3c2=O)cc1. The quantitative estimate of drug-likeness (QED) is 0.471. The lowest BCUT2D eigenvalue weighted by Crippen LogP contribution is -2.38. The average molecular weight is 435 g/mol. The molecule has 0 saturated heterocycles. The van der Waals surface area contributed by atoms with Crippen LogP contribution in [0.15, 0.2) is 58.5 Å². The Kier molecular flexibility index (Phi) is 6.50. The number of amides is 1. The highest BCUT2D eigenvalue weighted by molar-refractivity contribution is 8.00.